The molecule has 2 N–H and O–H groups in total. The molecule has 1 atom stereocenters. The SMILES string of the molecule is Cc1cc(C)c2cccc(OCc3c(Cl)ccc(S(=O)(=O)NC4(C(=O)N5CCN(C(=O)C[C@H](O)C[N+](C)(C)C)CC5)CCCC4)c3Cl)c2n1. The number of hydrogen-bond acceptors (Lipinski definition) is 7. The molecule has 2 heterocycles. The molecule has 2 aromatic carbocycles. The van der Waals surface area contributed by atoms with Crippen LogP contribution in [0.1, 0.15) is 48.9 Å². The number of aliphatic hydroxyl groups is 1. The molecule has 5 rings (SSSR count). The molecule has 2 aliphatic rings. The number of likely N-dealkylation sites (N-methyl/N-ethyl adjacent to an activating group) is 1. The largest absolute Gasteiger partial charge is 0.487 e. The van der Waals surface area contributed by atoms with Crippen molar-refractivity contribution in [1.29, 1.82) is 0 Å². The average Bonchev–Trinajstić information content (AvgIpc) is 3.48. The van der Waals surface area contributed by atoms with Gasteiger partial charge in [0.25, 0.3) is 0 Å². The molecule has 0 radical (unpaired) electrons. The molecule has 0 bridgehead atoms. The van der Waals surface area contributed by atoms with Crippen LogP contribution in [0.5, 0.6) is 5.75 Å². The average molecular weight is 736 g/mol. The van der Waals surface area contributed by atoms with Crippen molar-refractivity contribution in [3.05, 3.63) is 63.3 Å². The van der Waals surface area contributed by atoms with E-state index in [1.165, 1.54) is 12.1 Å². The lowest BCUT2D eigenvalue weighted by Crippen LogP contribution is -2.61. The third kappa shape index (κ3) is 8.49. The van der Waals surface area contributed by atoms with E-state index < -0.39 is 21.7 Å². The Morgan fingerprint density at radius 3 is 2.35 bits per heavy atom. The maximum Gasteiger partial charge on any atom is 0.243 e. The third-order valence-corrected chi connectivity index (χ3v) is 11.7. The third-order valence-electron chi connectivity index (χ3n) is 9.23. The summed E-state index contributed by atoms with van der Waals surface area (Å²) in [5.74, 6) is 0.0392. The van der Waals surface area contributed by atoms with Crippen LogP contribution in [0.3, 0.4) is 0 Å². The predicted octanol–water partition coefficient (Wildman–Crippen LogP) is 4.46. The standard InChI is InChI=1S/C35H46Cl2N5O6S/c1-23-19-24(2)38-33-26(23)9-8-10-29(33)48-22-27-28(36)11-12-30(32(27)37)49(46,47)39-35(13-6-7-14-35)34(45)41-17-15-40(16-18-41)31(44)20-25(43)21-42(3,4)5/h8-12,19,25,39,43H,6-7,13-18,20-22H2,1-5H3/q+1/t25-/m0/s1. The van der Waals surface area contributed by atoms with E-state index in [9.17, 15) is 23.1 Å². The Kier molecular flexibility index (Phi) is 11.2. The van der Waals surface area contributed by atoms with Gasteiger partial charge in [0.15, 0.2) is 0 Å². The predicted molar refractivity (Wildman–Crippen MR) is 190 cm³/mol. The Balaban J connectivity index is 1.30. The van der Waals surface area contributed by atoms with Gasteiger partial charge < -0.3 is 24.1 Å². The molecular formula is C35H46Cl2N5O6S+. The molecule has 49 heavy (non-hydrogen) atoms. The summed E-state index contributed by atoms with van der Waals surface area (Å²) in [6, 6.07) is 10.4. The molecule has 0 unspecified atom stereocenters. The second-order valence-corrected chi connectivity index (χ2v) is 16.7. The Morgan fingerprint density at radius 2 is 1.69 bits per heavy atom. The van der Waals surface area contributed by atoms with Gasteiger partial charge >= 0.3 is 0 Å². The van der Waals surface area contributed by atoms with Crippen molar-refractivity contribution >= 4 is 55.9 Å². The van der Waals surface area contributed by atoms with E-state index in [1.54, 1.807) is 15.9 Å². The number of halogens is 2. The number of pyridine rings is 1. The first-order valence-electron chi connectivity index (χ1n) is 16.6. The van der Waals surface area contributed by atoms with E-state index in [2.05, 4.69) is 9.71 Å². The quantitative estimate of drug-likeness (QED) is 0.279. The van der Waals surface area contributed by atoms with Crippen LogP contribution in [-0.4, -0.2) is 110 Å². The summed E-state index contributed by atoms with van der Waals surface area (Å²) in [5, 5.41) is 11.5. The molecule has 2 amide bonds. The minimum atomic E-state index is -4.29. The van der Waals surface area contributed by atoms with Crippen LogP contribution >= 0.6 is 23.2 Å². The topological polar surface area (TPSA) is 129 Å². The van der Waals surface area contributed by atoms with Gasteiger partial charge in [0.1, 0.15) is 41.0 Å². The number of piperazine rings is 1. The Hall–Kier alpha value is -3.00. The molecule has 1 aromatic heterocycles. The number of nitrogens with zero attached hydrogens (tertiary/aromatic N) is 4. The van der Waals surface area contributed by atoms with Crippen molar-refractivity contribution in [2.24, 2.45) is 0 Å². The molecule has 3 aromatic rings. The normalized spacial score (nSPS) is 17.4. The number of aromatic nitrogens is 1. The summed E-state index contributed by atoms with van der Waals surface area (Å²) in [6.07, 6.45) is 1.30. The minimum absolute atomic E-state index is 0.0141. The second kappa shape index (κ2) is 14.7. The fraction of sp³-hybridized carbons (Fsp3) is 0.514. The first-order valence-corrected chi connectivity index (χ1v) is 18.8. The van der Waals surface area contributed by atoms with Crippen LogP contribution in [0.4, 0.5) is 0 Å². The summed E-state index contributed by atoms with van der Waals surface area (Å²) in [6.45, 7) is 5.40. The second-order valence-electron chi connectivity index (χ2n) is 14.3. The van der Waals surface area contributed by atoms with Crippen LogP contribution in [0.2, 0.25) is 10.0 Å². The molecule has 1 aliphatic heterocycles. The highest BCUT2D eigenvalue weighted by Gasteiger charge is 2.47. The summed E-state index contributed by atoms with van der Waals surface area (Å²) in [7, 11) is 1.56. The van der Waals surface area contributed by atoms with E-state index in [1.807, 2.05) is 53.2 Å². The maximum atomic E-state index is 14.0. The molecule has 11 nitrogen and oxygen atoms in total. The van der Waals surface area contributed by atoms with Crippen molar-refractivity contribution in [2.45, 2.75) is 69.1 Å². The Labute approximate surface area is 298 Å². The summed E-state index contributed by atoms with van der Waals surface area (Å²) >= 11 is 13.3. The lowest BCUT2D eigenvalue weighted by atomic mass is 9.96. The van der Waals surface area contributed by atoms with Gasteiger partial charge in [-0.2, -0.15) is 4.72 Å². The van der Waals surface area contributed by atoms with Gasteiger partial charge in [-0.15, -0.1) is 0 Å². The number of aliphatic hydroxyl groups excluding tert-OH is 1. The van der Waals surface area contributed by atoms with Crippen LogP contribution < -0.4 is 9.46 Å². The molecule has 14 heteroatoms. The zero-order valence-corrected chi connectivity index (χ0v) is 31.1. The van der Waals surface area contributed by atoms with Crippen molar-refractivity contribution in [1.82, 2.24) is 19.5 Å². The molecule has 2 fully saturated rings. The number of carbonyl (C=O) groups excluding carboxylic acids is 2. The number of fused-ring (bicyclic) bond motifs is 1. The molecule has 0 spiro atoms. The van der Waals surface area contributed by atoms with Crippen molar-refractivity contribution in [3.63, 3.8) is 0 Å². The van der Waals surface area contributed by atoms with Crippen LogP contribution in [0.15, 0.2) is 41.3 Å². The fourth-order valence-corrected chi connectivity index (χ4v) is 9.18. The zero-order chi connectivity index (χ0) is 35.7. The first-order chi connectivity index (χ1) is 23.0. The van der Waals surface area contributed by atoms with Gasteiger partial charge in [-0.3, -0.25) is 9.59 Å². The summed E-state index contributed by atoms with van der Waals surface area (Å²) in [4.78, 5) is 34.6. The van der Waals surface area contributed by atoms with Gasteiger partial charge in [-0.05, 0) is 56.5 Å². The highest BCUT2D eigenvalue weighted by atomic mass is 35.5. The molecule has 1 saturated heterocycles. The number of sulfonamides is 1. The van der Waals surface area contributed by atoms with E-state index in [-0.39, 0.29) is 52.9 Å². The number of aryl methyl sites for hydroxylation is 2. The lowest BCUT2D eigenvalue weighted by Gasteiger charge is -2.40. The van der Waals surface area contributed by atoms with Crippen LogP contribution in [-0.2, 0) is 26.2 Å². The maximum absolute atomic E-state index is 14.0. The Bertz CT molecular complexity index is 1830. The minimum Gasteiger partial charge on any atom is -0.487 e. The first kappa shape index (κ1) is 37.3. The molecule has 1 aliphatic carbocycles. The number of quaternary nitrogens is 1. The summed E-state index contributed by atoms with van der Waals surface area (Å²) < 4.78 is 37.4. The van der Waals surface area contributed by atoms with Crippen molar-refractivity contribution in [2.75, 3.05) is 53.9 Å². The zero-order valence-electron chi connectivity index (χ0n) is 28.8. The smallest absolute Gasteiger partial charge is 0.243 e. The molecule has 266 valence electrons. The number of para-hydroxylation sites is 1. The van der Waals surface area contributed by atoms with Crippen molar-refractivity contribution < 1.29 is 32.3 Å². The van der Waals surface area contributed by atoms with Gasteiger partial charge in [0.2, 0.25) is 21.8 Å². The van der Waals surface area contributed by atoms with E-state index >= 15 is 0 Å². The van der Waals surface area contributed by atoms with E-state index in [4.69, 9.17) is 27.9 Å². The highest BCUT2D eigenvalue weighted by Crippen LogP contribution is 2.37. The van der Waals surface area contributed by atoms with Crippen LogP contribution in [0.25, 0.3) is 10.9 Å². The molecular weight excluding hydrogens is 689 g/mol. The number of ether oxygens (including phenoxy) is 1. The number of hydrogen-bond donors (Lipinski definition) is 2. The highest BCUT2D eigenvalue weighted by molar-refractivity contribution is 7.89. The van der Waals surface area contributed by atoms with Gasteiger partial charge in [0, 0.05) is 47.8 Å². The van der Waals surface area contributed by atoms with Crippen LogP contribution in [0, 0.1) is 13.8 Å². The van der Waals surface area contributed by atoms with Crippen molar-refractivity contribution in [3.8, 4) is 5.75 Å². The summed E-state index contributed by atoms with van der Waals surface area (Å²) in [5.41, 5.74) is 1.54. The van der Waals surface area contributed by atoms with Gasteiger partial charge in [0.05, 0.1) is 32.6 Å². The molecule has 1 saturated carbocycles. The number of carbonyl (C=O) groups is 2. The van der Waals surface area contributed by atoms with Gasteiger partial charge in [-0.25, -0.2) is 13.4 Å². The number of nitrogens with one attached hydrogen (secondary N) is 1. The number of amides is 2. The van der Waals surface area contributed by atoms with Gasteiger partial charge in [-0.1, -0.05) is 48.2 Å². The van der Waals surface area contributed by atoms with E-state index in [0.717, 1.165) is 16.6 Å². The monoisotopic (exact) mass is 734 g/mol. The Morgan fingerprint density at radius 1 is 1.04 bits per heavy atom. The lowest BCUT2D eigenvalue weighted by molar-refractivity contribution is -0.873. The number of rotatable bonds is 11. The fourth-order valence-electron chi connectivity index (χ4n) is 6.88. The van der Waals surface area contributed by atoms with E-state index in [0.29, 0.717) is 66.6 Å². The number of benzene rings is 2.